The van der Waals surface area contributed by atoms with Crippen LogP contribution in [0.25, 0.3) is 0 Å². The molecule has 0 spiro atoms. The van der Waals surface area contributed by atoms with Crippen LogP contribution in [0, 0.1) is 6.92 Å². The van der Waals surface area contributed by atoms with E-state index >= 15 is 0 Å². The average Bonchev–Trinajstić information content (AvgIpc) is 2.25. The summed E-state index contributed by atoms with van der Waals surface area (Å²) in [5.74, 6) is 0.151. The Labute approximate surface area is 96.1 Å². The van der Waals surface area contributed by atoms with Crippen LogP contribution in [0.15, 0.2) is 18.2 Å². The molecule has 0 unspecified atom stereocenters. The zero-order valence-corrected chi connectivity index (χ0v) is 9.82. The first-order chi connectivity index (χ1) is 7.63. The van der Waals surface area contributed by atoms with Crippen molar-refractivity contribution in [3.05, 3.63) is 29.3 Å². The summed E-state index contributed by atoms with van der Waals surface area (Å²) in [4.78, 5) is 10.3. The van der Waals surface area contributed by atoms with E-state index in [4.69, 9.17) is 9.84 Å². The van der Waals surface area contributed by atoms with E-state index in [1.165, 1.54) is 11.1 Å². The van der Waals surface area contributed by atoms with Gasteiger partial charge >= 0.3 is 5.97 Å². The first-order valence-corrected chi connectivity index (χ1v) is 5.49. The van der Waals surface area contributed by atoms with E-state index in [2.05, 4.69) is 13.0 Å². The maximum absolute atomic E-state index is 10.3. The standard InChI is InChI=1S/C13H18O3/c1-10-9-12(16-2)8-7-11(10)5-3-4-6-13(14)15/h7-9H,3-6H2,1-2H3,(H,14,15). The molecule has 3 heteroatoms. The minimum absolute atomic E-state index is 0.259. The number of hydrogen-bond donors (Lipinski definition) is 1. The largest absolute Gasteiger partial charge is 0.497 e. The number of ether oxygens (including phenoxy) is 1. The molecule has 3 nitrogen and oxygen atoms in total. The summed E-state index contributed by atoms with van der Waals surface area (Å²) in [6.07, 6.45) is 2.85. The molecule has 0 atom stereocenters. The number of carboxylic acids is 1. The van der Waals surface area contributed by atoms with Crippen LogP contribution < -0.4 is 4.74 Å². The third kappa shape index (κ3) is 3.93. The molecule has 0 fully saturated rings. The van der Waals surface area contributed by atoms with Crippen LogP contribution in [0.5, 0.6) is 5.75 Å². The highest BCUT2D eigenvalue weighted by molar-refractivity contribution is 5.66. The molecule has 0 aliphatic carbocycles. The molecular formula is C13H18O3. The van der Waals surface area contributed by atoms with Crippen LogP contribution >= 0.6 is 0 Å². The number of hydrogen-bond acceptors (Lipinski definition) is 2. The topological polar surface area (TPSA) is 46.5 Å². The lowest BCUT2D eigenvalue weighted by Crippen LogP contribution is -1.96. The number of rotatable bonds is 6. The second kappa shape index (κ2) is 6.16. The zero-order valence-electron chi connectivity index (χ0n) is 9.82. The lowest BCUT2D eigenvalue weighted by atomic mass is 10.0. The van der Waals surface area contributed by atoms with Gasteiger partial charge in [-0.25, -0.2) is 0 Å². The van der Waals surface area contributed by atoms with E-state index in [0.717, 1.165) is 25.0 Å². The Balaban J connectivity index is 2.45. The van der Waals surface area contributed by atoms with Crippen molar-refractivity contribution in [3.8, 4) is 5.75 Å². The molecule has 1 rings (SSSR count). The van der Waals surface area contributed by atoms with Crippen molar-refractivity contribution in [3.63, 3.8) is 0 Å². The number of aliphatic carboxylic acids is 1. The quantitative estimate of drug-likeness (QED) is 0.753. The maximum Gasteiger partial charge on any atom is 0.303 e. The maximum atomic E-state index is 10.3. The van der Waals surface area contributed by atoms with Gasteiger partial charge in [-0.1, -0.05) is 6.07 Å². The number of carboxylic acid groups (broad SMARTS) is 1. The molecule has 0 amide bonds. The Morgan fingerprint density at radius 2 is 2.12 bits per heavy atom. The fourth-order valence-electron chi connectivity index (χ4n) is 1.67. The van der Waals surface area contributed by atoms with Crippen molar-refractivity contribution in [2.75, 3.05) is 7.11 Å². The monoisotopic (exact) mass is 222 g/mol. The molecule has 0 saturated carbocycles. The SMILES string of the molecule is COc1ccc(CCCCC(=O)O)c(C)c1. The molecule has 1 aromatic carbocycles. The minimum atomic E-state index is -0.716. The van der Waals surface area contributed by atoms with Crippen LogP contribution in [0.3, 0.4) is 0 Å². The molecule has 16 heavy (non-hydrogen) atoms. The highest BCUT2D eigenvalue weighted by Gasteiger charge is 2.01. The van der Waals surface area contributed by atoms with Gasteiger partial charge in [0.05, 0.1) is 7.11 Å². The molecule has 0 aliphatic rings. The molecule has 88 valence electrons. The summed E-state index contributed by atoms with van der Waals surface area (Å²) < 4.78 is 5.13. The van der Waals surface area contributed by atoms with Gasteiger partial charge in [-0.2, -0.15) is 0 Å². The second-order valence-corrected chi connectivity index (χ2v) is 3.89. The Morgan fingerprint density at radius 1 is 1.38 bits per heavy atom. The third-order valence-corrected chi connectivity index (χ3v) is 2.64. The average molecular weight is 222 g/mol. The van der Waals surface area contributed by atoms with E-state index < -0.39 is 5.97 Å². The van der Waals surface area contributed by atoms with E-state index in [1.807, 2.05) is 12.1 Å². The van der Waals surface area contributed by atoms with Crippen molar-refractivity contribution >= 4 is 5.97 Å². The Morgan fingerprint density at radius 3 is 2.69 bits per heavy atom. The fraction of sp³-hybridized carbons (Fsp3) is 0.462. The molecule has 0 heterocycles. The number of benzene rings is 1. The number of unbranched alkanes of at least 4 members (excludes halogenated alkanes) is 1. The molecule has 1 N–H and O–H groups in total. The van der Waals surface area contributed by atoms with Crippen molar-refractivity contribution < 1.29 is 14.6 Å². The van der Waals surface area contributed by atoms with Gasteiger partial charge in [-0.15, -0.1) is 0 Å². The van der Waals surface area contributed by atoms with Gasteiger partial charge in [-0.05, 0) is 49.4 Å². The van der Waals surface area contributed by atoms with Gasteiger partial charge in [0, 0.05) is 6.42 Å². The van der Waals surface area contributed by atoms with Crippen molar-refractivity contribution in [1.29, 1.82) is 0 Å². The van der Waals surface area contributed by atoms with E-state index in [1.54, 1.807) is 7.11 Å². The van der Waals surface area contributed by atoms with Gasteiger partial charge in [0.25, 0.3) is 0 Å². The van der Waals surface area contributed by atoms with Gasteiger partial charge in [0.15, 0.2) is 0 Å². The predicted octanol–water partition coefficient (Wildman–Crippen LogP) is 2.80. The normalized spacial score (nSPS) is 10.1. The number of methoxy groups -OCH3 is 1. The summed E-state index contributed by atoms with van der Waals surface area (Å²) in [6.45, 7) is 2.05. The molecule has 0 aliphatic heterocycles. The van der Waals surface area contributed by atoms with Gasteiger partial charge in [0.1, 0.15) is 5.75 Å². The predicted molar refractivity (Wildman–Crippen MR) is 62.9 cm³/mol. The molecule has 0 aromatic heterocycles. The van der Waals surface area contributed by atoms with Gasteiger partial charge in [-0.3, -0.25) is 4.79 Å². The molecular weight excluding hydrogens is 204 g/mol. The first kappa shape index (κ1) is 12.6. The van der Waals surface area contributed by atoms with Crippen molar-refractivity contribution in [1.82, 2.24) is 0 Å². The van der Waals surface area contributed by atoms with Crippen molar-refractivity contribution in [2.24, 2.45) is 0 Å². The molecule has 0 bridgehead atoms. The summed E-state index contributed by atoms with van der Waals surface area (Å²) in [5, 5.41) is 8.52. The van der Waals surface area contributed by atoms with Crippen LogP contribution in [0.1, 0.15) is 30.4 Å². The molecule has 0 saturated heterocycles. The summed E-state index contributed by atoms with van der Waals surface area (Å²) in [6, 6.07) is 6.00. The fourth-order valence-corrected chi connectivity index (χ4v) is 1.67. The van der Waals surface area contributed by atoms with E-state index in [9.17, 15) is 4.79 Å². The smallest absolute Gasteiger partial charge is 0.303 e. The lowest BCUT2D eigenvalue weighted by molar-refractivity contribution is -0.137. The molecule has 1 aromatic rings. The third-order valence-electron chi connectivity index (χ3n) is 2.64. The van der Waals surface area contributed by atoms with Crippen LogP contribution in [0.2, 0.25) is 0 Å². The van der Waals surface area contributed by atoms with Crippen LogP contribution in [-0.4, -0.2) is 18.2 Å². The van der Waals surface area contributed by atoms with Crippen LogP contribution in [-0.2, 0) is 11.2 Å². The summed E-state index contributed by atoms with van der Waals surface area (Å²) in [7, 11) is 1.65. The Hall–Kier alpha value is -1.51. The lowest BCUT2D eigenvalue weighted by Gasteiger charge is -2.07. The van der Waals surface area contributed by atoms with Gasteiger partial charge < -0.3 is 9.84 Å². The van der Waals surface area contributed by atoms with Crippen molar-refractivity contribution in [2.45, 2.75) is 32.6 Å². The second-order valence-electron chi connectivity index (χ2n) is 3.89. The Kier molecular flexibility index (Phi) is 4.83. The number of aryl methyl sites for hydroxylation is 2. The van der Waals surface area contributed by atoms with Gasteiger partial charge in [0.2, 0.25) is 0 Å². The highest BCUT2D eigenvalue weighted by Crippen LogP contribution is 2.18. The van der Waals surface area contributed by atoms with E-state index in [-0.39, 0.29) is 6.42 Å². The van der Waals surface area contributed by atoms with E-state index in [0.29, 0.717) is 0 Å². The van der Waals surface area contributed by atoms with Crippen LogP contribution in [0.4, 0.5) is 0 Å². The zero-order chi connectivity index (χ0) is 12.0. The minimum Gasteiger partial charge on any atom is -0.497 e. The number of carbonyl (C=O) groups is 1. The first-order valence-electron chi connectivity index (χ1n) is 5.49. The summed E-state index contributed by atoms with van der Waals surface area (Å²) in [5.41, 5.74) is 2.47. The Bertz CT molecular complexity index is 358. The summed E-state index contributed by atoms with van der Waals surface area (Å²) >= 11 is 0. The molecule has 0 radical (unpaired) electrons. The highest BCUT2D eigenvalue weighted by atomic mass is 16.5.